The molecule has 0 radical (unpaired) electrons. The molecule has 1 aromatic heterocycles. The van der Waals surface area contributed by atoms with Gasteiger partial charge in [0.1, 0.15) is 17.4 Å². The average molecular weight is 288 g/mol. The highest BCUT2D eigenvalue weighted by molar-refractivity contribution is 5.92. The Kier molecular flexibility index (Phi) is 4.33. The minimum atomic E-state index is -0.628. The number of carbonyl (C=O) groups excluding carboxylic acids is 1. The first-order valence-electron chi connectivity index (χ1n) is 6.63. The SMILES string of the molecule is CCOC(=O)C1=C(CC)OC(N)=C(C#N)[C@@H]1c1ccoc1. The third-order valence-corrected chi connectivity index (χ3v) is 3.19. The van der Waals surface area contributed by atoms with Gasteiger partial charge in [0.25, 0.3) is 0 Å². The lowest BCUT2D eigenvalue weighted by atomic mass is 9.84. The highest BCUT2D eigenvalue weighted by Crippen LogP contribution is 2.40. The van der Waals surface area contributed by atoms with Gasteiger partial charge in [-0.05, 0) is 13.0 Å². The summed E-state index contributed by atoms with van der Waals surface area (Å²) >= 11 is 0. The maximum atomic E-state index is 12.3. The van der Waals surface area contributed by atoms with Crippen molar-refractivity contribution in [2.24, 2.45) is 5.73 Å². The summed E-state index contributed by atoms with van der Waals surface area (Å²) in [5.41, 5.74) is 6.94. The molecule has 0 saturated carbocycles. The van der Waals surface area contributed by atoms with E-state index < -0.39 is 11.9 Å². The highest BCUT2D eigenvalue weighted by atomic mass is 16.5. The van der Waals surface area contributed by atoms with Gasteiger partial charge in [0.15, 0.2) is 0 Å². The molecule has 0 spiro atoms. The summed E-state index contributed by atoms with van der Waals surface area (Å²) in [5.74, 6) is -0.720. The van der Waals surface area contributed by atoms with Gasteiger partial charge >= 0.3 is 5.97 Å². The van der Waals surface area contributed by atoms with Crippen molar-refractivity contribution >= 4 is 5.97 Å². The molecule has 1 aliphatic heterocycles. The number of rotatable bonds is 4. The number of furan rings is 1. The second-order valence-corrected chi connectivity index (χ2v) is 4.39. The number of hydrogen-bond acceptors (Lipinski definition) is 6. The molecule has 0 aliphatic carbocycles. The summed E-state index contributed by atoms with van der Waals surface area (Å²) in [6.07, 6.45) is 3.42. The zero-order valence-electron chi connectivity index (χ0n) is 11.9. The maximum Gasteiger partial charge on any atom is 0.338 e. The molecule has 6 heteroatoms. The zero-order valence-corrected chi connectivity index (χ0v) is 11.9. The van der Waals surface area contributed by atoms with Gasteiger partial charge in [0.05, 0.1) is 30.6 Å². The van der Waals surface area contributed by atoms with Crippen LogP contribution in [0.2, 0.25) is 0 Å². The molecule has 2 heterocycles. The van der Waals surface area contributed by atoms with Crippen LogP contribution >= 0.6 is 0 Å². The van der Waals surface area contributed by atoms with Crippen LogP contribution in [0, 0.1) is 11.3 Å². The van der Waals surface area contributed by atoms with E-state index in [0.717, 1.165) is 0 Å². The molecule has 1 aromatic rings. The fourth-order valence-electron chi connectivity index (χ4n) is 2.29. The minimum absolute atomic E-state index is 0.00796. The van der Waals surface area contributed by atoms with E-state index in [-0.39, 0.29) is 18.1 Å². The van der Waals surface area contributed by atoms with E-state index >= 15 is 0 Å². The monoisotopic (exact) mass is 288 g/mol. The largest absolute Gasteiger partial charge is 0.472 e. The Labute approximate surface area is 122 Å². The summed E-state index contributed by atoms with van der Waals surface area (Å²) in [5, 5.41) is 9.35. The molecule has 2 rings (SSSR count). The van der Waals surface area contributed by atoms with Gasteiger partial charge in [-0.25, -0.2) is 4.79 Å². The molecule has 0 amide bonds. The molecule has 0 unspecified atom stereocenters. The van der Waals surface area contributed by atoms with Gasteiger partial charge in [-0.3, -0.25) is 0 Å². The van der Waals surface area contributed by atoms with Gasteiger partial charge in [0.2, 0.25) is 5.88 Å². The van der Waals surface area contributed by atoms with Gasteiger partial charge in [0, 0.05) is 12.0 Å². The normalized spacial score (nSPS) is 18.2. The van der Waals surface area contributed by atoms with Crippen molar-refractivity contribution in [3.63, 3.8) is 0 Å². The quantitative estimate of drug-likeness (QED) is 0.854. The van der Waals surface area contributed by atoms with Crippen LogP contribution in [-0.4, -0.2) is 12.6 Å². The van der Waals surface area contributed by atoms with Crippen LogP contribution in [-0.2, 0) is 14.3 Å². The van der Waals surface area contributed by atoms with Crippen LogP contribution in [0.3, 0.4) is 0 Å². The van der Waals surface area contributed by atoms with Gasteiger partial charge in [-0.1, -0.05) is 6.92 Å². The third-order valence-electron chi connectivity index (χ3n) is 3.19. The van der Waals surface area contributed by atoms with Crippen LogP contribution in [0.1, 0.15) is 31.7 Å². The molecule has 6 nitrogen and oxygen atoms in total. The van der Waals surface area contributed by atoms with Crippen LogP contribution in [0.4, 0.5) is 0 Å². The van der Waals surface area contributed by atoms with Gasteiger partial charge < -0.3 is 19.6 Å². The Balaban J connectivity index is 2.59. The Morgan fingerprint density at radius 1 is 1.52 bits per heavy atom. The first-order valence-corrected chi connectivity index (χ1v) is 6.63. The molecule has 1 aliphatic rings. The highest BCUT2D eigenvalue weighted by Gasteiger charge is 2.37. The molecule has 0 aromatic carbocycles. The van der Waals surface area contributed by atoms with E-state index in [4.69, 9.17) is 19.6 Å². The van der Waals surface area contributed by atoms with Crippen molar-refractivity contribution in [1.82, 2.24) is 0 Å². The topological polar surface area (TPSA) is 98.5 Å². The molecular formula is C15H16N2O4. The molecule has 0 saturated heterocycles. The average Bonchev–Trinajstić information content (AvgIpc) is 2.99. The van der Waals surface area contributed by atoms with Crippen LogP contribution in [0.25, 0.3) is 0 Å². The number of esters is 1. The van der Waals surface area contributed by atoms with E-state index in [1.54, 1.807) is 13.0 Å². The Bertz CT molecular complexity index is 635. The predicted octanol–water partition coefficient (Wildman–Crippen LogP) is 2.31. The van der Waals surface area contributed by atoms with Crippen molar-refractivity contribution in [2.45, 2.75) is 26.2 Å². The number of carbonyl (C=O) groups is 1. The lowest BCUT2D eigenvalue weighted by Gasteiger charge is -2.26. The molecule has 0 bridgehead atoms. The number of allylic oxidation sites excluding steroid dienone is 2. The Morgan fingerprint density at radius 3 is 2.81 bits per heavy atom. The number of hydrogen-bond donors (Lipinski definition) is 1. The van der Waals surface area contributed by atoms with Gasteiger partial charge in [-0.2, -0.15) is 5.26 Å². The maximum absolute atomic E-state index is 12.3. The van der Waals surface area contributed by atoms with E-state index in [0.29, 0.717) is 23.3 Å². The van der Waals surface area contributed by atoms with Crippen molar-refractivity contribution in [3.05, 3.63) is 46.9 Å². The lowest BCUT2D eigenvalue weighted by Crippen LogP contribution is -2.26. The van der Waals surface area contributed by atoms with Crippen LogP contribution < -0.4 is 5.73 Å². The number of nitrogens with zero attached hydrogens (tertiary/aromatic N) is 1. The molecule has 0 fully saturated rings. The molecule has 2 N–H and O–H groups in total. The van der Waals surface area contributed by atoms with Gasteiger partial charge in [-0.15, -0.1) is 0 Å². The van der Waals surface area contributed by atoms with E-state index in [1.807, 2.05) is 13.0 Å². The zero-order chi connectivity index (χ0) is 15.4. The first kappa shape index (κ1) is 14.7. The lowest BCUT2D eigenvalue weighted by molar-refractivity contribution is -0.139. The molecule has 21 heavy (non-hydrogen) atoms. The predicted molar refractivity (Wildman–Crippen MR) is 73.3 cm³/mol. The fraction of sp³-hybridized carbons (Fsp3) is 0.333. The summed E-state index contributed by atoms with van der Waals surface area (Å²) in [4.78, 5) is 12.3. The second kappa shape index (κ2) is 6.18. The van der Waals surface area contributed by atoms with Crippen molar-refractivity contribution < 1.29 is 18.7 Å². The van der Waals surface area contributed by atoms with E-state index in [9.17, 15) is 10.1 Å². The van der Waals surface area contributed by atoms with Crippen molar-refractivity contribution in [2.75, 3.05) is 6.61 Å². The summed E-state index contributed by atoms with van der Waals surface area (Å²) in [7, 11) is 0. The Morgan fingerprint density at radius 2 is 2.29 bits per heavy atom. The smallest absolute Gasteiger partial charge is 0.338 e. The standard InChI is InChI=1S/C15H16N2O4/c1-3-11-13(15(18)20-4-2)12(9-5-6-19-8-9)10(7-16)14(17)21-11/h5-6,8,12H,3-4,17H2,1-2H3/t12-/m0/s1. The molecule has 110 valence electrons. The first-order chi connectivity index (χ1) is 10.1. The molecule has 1 atom stereocenters. The fourth-order valence-corrected chi connectivity index (χ4v) is 2.29. The summed E-state index contributed by atoms with van der Waals surface area (Å²) < 4.78 is 15.6. The van der Waals surface area contributed by atoms with E-state index in [2.05, 4.69) is 0 Å². The number of ether oxygens (including phenoxy) is 2. The molecular weight excluding hydrogens is 272 g/mol. The summed E-state index contributed by atoms with van der Waals surface area (Å²) in [6.45, 7) is 3.79. The Hall–Kier alpha value is -2.68. The number of nitriles is 1. The van der Waals surface area contributed by atoms with Crippen LogP contribution in [0.15, 0.2) is 45.8 Å². The minimum Gasteiger partial charge on any atom is -0.472 e. The summed E-state index contributed by atoms with van der Waals surface area (Å²) in [6, 6.07) is 3.70. The van der Waals surface area contributed by atoms with E-state index in [1.165, 1.54) is 12.5 Å². The second-order valence-electron chi connectivity index (χ2n) is 4.39. The van der Waals surface area contributed by atoms with Crippen molar-refractivity contribution in [1.29, 1.82) is 5.26 Å². The van der Waals surface area contributed by atoms with Crippen LogP contribution in [0.5, 0.6) is 0 Å². The van der Waals surface area contributed by atoms with Crippen molar-refractivity contribution in [3.8, 4) is 6.07 Å². The number of nitrogens with two attached hydrogens (primary N) is 1. The third kappa shape index (κ3) is 2.63.